The molecular weight excluding hydrogens is 607 g/mol. The van der Waals surface area contributed by atoms with E-state index in [1.807, 2.05) is 12.1 Å². The average Bonchev–Trinajstić information content (AvgIpc) is 3.52. The van der Waals surface area contributed by atoms with Crippen molar-refractivity contribution in [2.45, 2.75) is 60.3 Å². The molecule has 1 aliphatic carbocycles. The lowest BCUT2D eigenvalue weighted by Gasteiger charge is -2.49. The predicted octanol–water partition coefficient (Wildman–Crippen LogP) is 5.21. The molecule has 8 nitrogen and oxygen atoms in total. The van der Waals surface area contributed by atoms with Crippen LogP contribution in [-0.2, 0) is 29.8 Å². The average molecular weight is 652 g/mol. The summed E-state index contributed by atoms with van der Waals surface area (Å²) in [4.78, 5) is 9.41. The van der Waals surface area contributed by atoms with Gasteiger partial charge in [-0.1, -0.05) is 43.7 Å². The van der Waals surface area contributed by atoms with Crippen LogP contribution in [-0.4, -0.2) is 77.7 Å². The van der Waals surface area contributed by atoms with Crippen molar-refractivity contribution in [2.24, 2.45) is 17.8 Å². The molecule has 0 bridgehead atoms. The molecule has 6 rings (SSSR count). The van der Waals surface area contributed by atoms with Crippen LogP contribution >= 0.6 is 0 Å². The highest BCUT2D eigenvalue weighted by Crippen LogP contribution is 2.51. The molecule has 2 aliphatic heterocycles. The first-order valence-corrected chi connectivity index (χ1v) is 19.7. The highest BCUT2D eigenvalue weighted by atomic mass is 32.2. The lowest BCUT2D eigenvalue weighted by atomic mass is 9.60. The van der Waals surface area contributed by atoms with Crippen molar-refractivity contribution in [3.05, 3.63) is 84.7 Å². The van der Waals surface area contributed by atoms with E-state index >= 15 is 0 Å². The third kappa shape index (κ3) is 6.99. The van der Waals surface area contributed by atoms with Gasteiger partial charge in [-0.25, -0.2) is 16.8 Å². The summed E-state index contributed by atoms with van der Waals surface area (Å²) in [5.41, 5.74) is 2.33. The van der Waals surface area contributed by atoms with Crippen molar-refractivity contribution < 1.29 is 21.6 Å². The van der Waals surface area contributed by atoms with Crippen LogP contribution in [0, 0.1) is 17.8 Å². The third-order valence-corrected chi connectivity index (χ3v) is 12.8. The molecule has 3 aliphatic rings. The second kappa shape index (κ2) is 13.1. The van der Waals surface area contributed by atoms with Gasteiger partial charge in [0.25, 0.3) is 0 Å². The van der Waals surface area contributed by atoms with Gasteiger partial charge in [0.15, 0.2) is 9.84 Å². The Labute approximate surface area is 268 Å². The smallest absolute Gasteiger partial charge is 0.206 e. The van der Waals surface area contributed by atoms with Gasteiger partial charge in [-0.15, -0.1) is 0 Å². The number of benzene rings is 2. The number of rotatable bonds is 11. The van der Waals surface area contributed by atoms with E-state index in [1.165, 1.54) is 36.3 Å². The van der Waals surface area contributed by atoms with Crippen LogP contribution in [0.3, 0.4) is 0 Å². The van der Waals surface area contributed by atoms with Crippen molar-refractivity contribution in [3.63, 3.8) is 0 Å². The number of likely N-dealkylation sites (tertiary alicyclic amines) is 1. The van der Waals surface area contributed by atoms with Gasteiger partial charge in [-0.2, -0.15) is 0 Å². The molecule has 3 atom stereocenters. The number of nitrogens with zero attached hydrogens (tertiary/aromatic N) is 3. The lowest BCUT2D eigenvalue weighted by molar-refractivity contribution is -0.00165. The van der Waals surface area contributed by atoms with Gasteiger partial charge in [0, 0.05) is 55.3 Å². The van der Waals surface area contributed by atoms with E-state index in [-0.39, 0.29) is 22.4 Å². The van der Waals surface area contributed by atoms with Crippen molar-refractivity contribution >= 4 is 25.4 Å². The second-order valence-electron chi connectivity index (χ2n) is 13.5. The summed E-state index contributed by atoms with van der Waals surface area (Å²) in [6.45, 7) is 7.55. The zero-order valence-corrected chi connectivity index (χ0v) is 27.9. The minimum absolute atomic E-state index is 0.0336. The van der Waals surface area contributed by atoms with Gasteiger partial charge in [-0.3, -0.25) is 4.98 Å². The van der Waals surface area contributed by atoms with Crippen molar-refractivity contribution in [1.29, 1.82) is 0 Å². The molecule has 10 heteroatoms. The second-order valence-corrected chi connectivity index (χ2v) is 17.5. The molecule has 0 spiro atoms. The first-order chi connectivity index (χ1) is 21.5. The molecule has 1 unspecified atom stereocenters. The highest BCUT2D eigenvalue weighted by molar-refractivity contribution is 7.91. The van der Waals surface area contributed by atoms with Gasteiger partial charge in [0.05, 0.1) is 15.9 Å². The molecule has 3 fully saturated rings. The van der Waals surface area contributed by atoms with E-state index in [0.29, 0.717) is 22.6 Å². The Kier molecular flexibility index (Phi) is 9.39. The quantitative estimate of drug-likeness (QED) is 0.279. The summed E-state index contributed by atoms with van der Waals surface area (Å²) >= 11 is 0. The van der Waals surface area contributed by atoms with Crippen LogP contribution in [0.4, 0.5) is 5.69 Å². The molecular formula is C35H45N3O5S2. The summed E-state index contributed by atoms with van der Waals surface area (Å²) < 4.78 is 55.7. The van der Waals surface area contributed by atoms with Crippen LogP contribution in [0.25, 0.3) is 0 Å². The number of pyridine rings is 1. The monoisotopic (exact) mass is 651 g/mol. The van der Waals surface area contributed by atoms with Crippen molar-refractivity contribution in [3.8, 4) is 0 Å². The summed E-state index contributed by atoms with van der Waals surface area (Å²) in [6, 6.07) is 21.1. The van der Waals surface area contributed by atoms with E-state index in [4.69, 9.17) is 4.74 Å². The van der Waals surface area contributed by atoms with Crippen molar-refractivity contribution in [1.82, 2.24) is 9.88 Å². The SMILES string of the molecule is CC(c1ccccc1)(C1CCN(CC2CN(c3ccc(S(=O)(=O)c4ccncc4)cc3)C2)CC1)[C@H]1CCC[C@@H]1OCS(C)(=O)=O. The van der Waals surface area contributed by atoms with Crippen LogP contribution in [0.2, 0.25) is 0 Å². The van der Waals surface area contributed by atoms with Gasteiger partial charge in [0.1, 0.15) is 5.94 Å². The molecule has 1 aromatic heterocycles. The number of sulfone groups is 2. The van der Waals surface area contributed by atoms with Crippen LogP contribution in [0.5, 0.6) is 0 Å². The maximum Gasteiger partial charge on any atom is 0.206 e. The summed E-state index contributed by atoms with van der Waals surface area (Å²) in [5.74, 6) is 1.18. The molecule has 2 saturated heterocycles. The lowest BCUT2D eigenvalue weighted by Crippen LogP contribution is -2.54. The van der Waals surface area contributed by atoms with Gasteiger partial charge in [-0.05, 0) is 92.6 Å². The molecule has 242 valence electrons. The maximum atomic E-state index is 12.9. The third-order valence-electron chi connectivity index (χ3n) is 10.5. The van der Waals surface area contributed by atoms with Crippen LogP contribution in [0.15, 0.2) is 88.9 Å². The summed E-state index contributed by atoms with van der Waals surface area (Å²) in [7, 11) is -6.73. The molecule has 45 heavy (non-hydrogen) atoms. The fourth-order valence-corrected chi connectivity index (χ4v) is 9.71. The zero-order chi connectivity index (χ0) is 31.7. The van der Waals surface area contributed by atoms with Crippen molar-refractivity contribution in [2.75, 3.05) is 49.8 Å². The number of anilines is 1. The highest BCUT2D eigenvalue weighted by Gasteiger charge is 2.49. The number of piperidine rings is 1. The Morgan fingerprint density at radius 1 is 0.844 bits per heavy atom. The molecule has 3 heterocycles. The molecule has 2 aromatic carbocycles. The molecule has 1 saturated carbocycles. The van der Waals surface area contributed by atoms with E-state index in [2.05, 4.69) is 52.0 Å². The molecule has 0 amide bonds. The number of ether oxygens (including phenoxy) is 1. The Balaban J connectivity index is 1.04. The minimum Gasteiger partial charge on any atom is -0.371 e. The van der Waals surface area contributed by atoms with Gasteiger partial charge >= 0.3 is 0 Å². The number of hydrogen-bond acceptors (Lipinski definition) is 8. The Morgan fingerprint density at radius 2 is 1.49 bits per heavy atom. The predicted molar refractivity (Wildman–Crippen MR) is 177 cm³/mol. The van der Waals surface area contributed by atoms with E-state index < -0.39 is 19.7 Å². The number of hydrogen-bond donors (Lipinski definition) is 0. The number of aromatic nitrogens is 1. The largest absolute Gasteiger partial charge is 0.371 e. The van der Waals surface area contributed by atoms with E-state index in [0.717, 1.165) is 70.5 Å². The fourth-order valence-electron chi connectivity index (χ4n) is 8.04. The first kappa shape index (κ1) is 32.2. The fraction of sp³-hybridized carbons (Fsp3) is 0.514. The van der Waals surface area contributed by atoms with Gasteiger partial charge in [0.2, 0.25) is 9.84 Å². The Bertz CT molecular complexity index is 1640. The molecule has 3 aromatic rings. The summed E-state index contributed by atoms with van der Waals surface area (Å²) in [5, 5.41) is 0. The topological polar surface area (TPSA) is 96.9 Å². The Hall–Kier alpha value is -2.79. The van der Waals surface area contributed by atoms with Crippen LogP contribution < -0.4 is 4.90 Å². The van der Waals surface area contributed by atoms with Crippen LogP contribution in [0.1, 0.15) is 44.6 Å². The first-order valence-electron chi connectivity index (χ1n) is 16.1. The van der Waals surface area contributed by atoms with E-state index in [1.54, 1.807) is 12.1 Å². The normalized spacial score (nSPS) is 23.5. The maximum absolute atomic E-state index is 12.9. The summed E-state index contributed by atoms with van der Waals surface area (Å²) in [6.07, 6.45) is 9.49. The van der Waals surface area contributed by atoms with Gasteiger partial charge < -0.3 is 14.5 Å². The Morgan fingerprint density at radius 3 is 2.13 bits per heavy atom. The minimum atomic E-state index is -3.55. The zero-order valence-electron chi connectivity index (χ0n) is 26.3. The molecule has 0 N–H and O–H groups in total. The standard InChI is InChI=1S/C35H45N3O5S2/c1-35(28-7-4-3-5-8-28,33-9-6-10-34(33)43-26-44(2,39)40)29-17-21-37(22-18-29)23-27-24-38(25-27)30-11-13-31(14-12-30)45(41,42)32-15-19-36-20-16-32/h3-5,7-8,11-16,19-20,27,29,33-34H,6,9-10,17-18,21-26H2,1-2H3/t33-,34-,35?/m0/s1. The van der Waals surface area contributed by atoms with E-state index in [9.17, 15) is 16.8 Å². The molecule has 0 radical (unpaired) electrons.